The summed E-state index contributed by atoms with van der Waals surface area (Å²) in [4.78, 5) is 0. The predicted octanol–water partition coefficient (Wildman–Crippen LogP) is 3.32. The predicted molar refractivity (Wildman–Crippen MR) is 56.8 cm³/mol. The first-order chi connectivity index (χ1) is 8.52. The van der Waals surface area contributed by atoms with Gasteiger partial charge in [0.2, 0.25) is 0 Å². The Morgan fingerprint density at radius 2 is 0.944 bits per heavy atom. The number of hydrogen-bond acceptors (Lipinski definition) is 1. The van der Waals surface area contributed by atoms with Crippen LogP contribution in [-0.4, -0.2) is 5.11 Å². The van der Waals surface area contributed by atoms with Crippen molar-refractivity contribution in [2.24, 2.45) is 0 Å². The minimum absolute atomic E-state index is 0.776. The van der Waals surface area contributed by atoms with Gasteiger partial charge in [0, 0.05) is 0 Å². The van der Waals surface area contributed by atoms with Crippen molar-refractivity contribution in [2.75, 3.05) is 0 Å². The number of benzene rings is 2. The molecule has 0 aliphatic heterocycles. The molecule has 1 nitrogen and oxygen atoms in total. The third kappa shape index (κ3) is 2.09. The molecule has 18 heavy (non-hydrogen) atoms. The van der Waals surface area contributed by atoms with Gasteiger partial charge in [-0.3, -0.25) is 0 Å². The lowest BCUT2D eigenvalue weighted by atomic mass is 9.99. The lowest BCUT2D eigenvalue weighted by Gasteiger charge is -2.14. The van der Waals surface area contributed by atoms with Crippen LogP contribution in [0, 0.1) is 23.3 Å². The fourth-order valence-corrected chi connectivity index (χ4v) is 1.69. The largest absolute Gasteiger partial charge is 0.383 e. The molecule has 0 fully saturated rings. The molecule has 2 aromatic rings. The zero-order chi connectivity index (χ0) is 13.3. The van der Waals surface area contributed by atoms with Gasteiger partial charge in [0.15, 0.2) is 0 Å². The van der Waals surface area contributed by atoms with Crippen molar-refractivity contribution in [3.63, 3.8) is 0 Å². The van der Waals surface area contributed by atoms with Gasteiger partial charge in [-0.25, -0.2) is 17.6 Å². The molecule has 0 amide bonds. The maximum atomic E-state index is 13.4. The zero-order valence-electron chi connectivity index (χ0n) is 9.00. The SMILES string of the molecule is OC(c1c(F)cccc1F)c1c(F)cccc1F. The Labute approximate surface area is 100 Å². The first kappa shape index (κ1) is 12.6. The molecule has 0 radical (unpaired) electrons. The molecule has 0 spiro atoms. The Kier molecular flexibility index (Phi) is 3.34. The zero-order valence-corrected chi connectivity index (χ0v) is 9.00. The van der Waals surface area contributed by atoms with E-state index in [-0.39, 0.29) is 0 Å². The molecule has 1 N–H and O–H groups in total. The lowest BCUT2D eigenvalue weighted by Crippen LogP contribution is -2.09. The quantitative estimate of drug-likeness (QED) is 0.817. The summed E-state index contributed by atoms with van der Waals surface area (Å²) >= 11 is 0. The molecule has 0 atom stereocenters. The van der Waals surface area contributed by atoms with E-state index in [4.69, 9.17) is 0 Å². The standard InChI is InChI=1S/C13H8F4O/c14-7-3-1-4-8(15)11(7)13(18)12-9(16)5-2-6-10(12)17/h1-6,13,18H. The minimum Gasteiger partial charge on any atom is -0.383 e. The molecule has 0 saturated heterocycles. The van der Waals surface area contributed by atoms with Gasteiger partial charge in [-0.05, 0) is 24.3 Å². The van der Waals surface area contributed by atoms with E-state index in [1.165, 1.54) is 0 Å². The summed E-state index contributed by atoms with van der Waals surface area (Å²) in [6.45, 7) is 0. The van der Waals surface area contributed by atoms with Gasteiger partial charge in [-0.1, -0.05) is 12.1 Å². The second-order valence-corrected chi connectivity index (χ2v) is 3.67. The summed E-state index contributed by atoms with van der Waals surface area (Å²) in [7, 11) is 0. The van der Waals surface area contributed by atoms with Crippen molar-refractivity contribution < 1.29 is 22.7 Å². The number of aliphatic hydroxyl groups excluding tert-OH is 1. The maximum absolute atomic E-state index is 13.4. The number of rotatable bonds is 2. The second kappa shape index (κ2) is 4.78. The van der Waals surface area contributed by atoms with Crippen molar-refractivity contribution in [1.82, 2.24) is 0 Å². The summed E-state index contributed by atoms with van der Waals surface area (Å²) in [6, 6.07) is 5.80. The van der Waals surface area contributed by atoms with Crippen LogP contribution >= 0.6 is 0 Å². The molecule has 2 rings (SSSR count). The smallest absolute Gasteiger partial charge is 0.132 e. The van der Waals surface area contributed by atoms with Crippen molar-refractivity contribution in [3.8, 4) is 0 Å². The molecule has 0 aromatic heterocycles. The van der Waals surface area contributed by atoms with E-state index >= 15 is 0 Å². The van der Waals surface area contributed by atoms with E-state index in [1.807, 2.05) is 0 Å². The van der Waals surface area contributed by atoms with Crippen LogP contribution in [0.25, 0.3) is 0 Å². The first-order valence-electron chi connectivity index (χ1n) is 5.08. The Hall–Kier alpha value is -1.88. The first-order valence-corrected chi connectivity index (χ1v) is 5.08. The molecular formula is C13H8F4O. The van der Waals surface area contributed by atoms with E-state index in [9.17, 15) is 22.7 Å². The van der Waals surface area contributed by atoms with Crippen LogP contribution in [0.4, 0.5) is 17.6 Å². The molecular weight excluding hydrogens is 248 g/mol. The average molecular weight is 256 g/mol. The molecule has 0 aliphatic carbocycles. The highest BCUT2D eigenvalue weighted by atomic mass is 19.1. The Bertz CT molecular complexity index is 491. The Morgan fingerprint density at radius 1 is 0.667 bits per heavy atom. The van der Waals surface area contributed by atoms with Crippen LogP contribution in [-0.2, 0) is 0 Å². The second-order valence-electron chi connectivity index (χ2n) is 3.67. The molecule has 0 aliphatic rings. The fourth-order valence-electron chi connectivity index (χ4n) is 1.69. The Morgan fingerprint density at radius 3 is 1.22 bits per heavy atom. The number of halogens is 4. The van der Waals surface area contributed by atoms with Gasteiger partial charge in [-0.15, -0.1) is 0 Å². The lowest BCUT2D eigenvalue weighted by molar-refractivity contribution is 0.198. The van der Waals surface area contributed by atoms with Crippen LogP contribution in [0.2, 0.25) is 0 Å². The molecule has 0 heterocycles. The topological polar surface area (TPSA) is 20.2 Å². The molecule has 0 bridgehead atoms. The van der Waals surface area contributed by atoms with Crippen molar-refractivity contribution in [3.05, 3.63) is 70.8 Å². The van der Waals surface area contributed by atoms with E-state index in [0.29, 0.717) is 0 Å². The maximum Gasteiger partial charge on any atom is 0.132 e. The van der Waals surface area contributed by atoms with Gasteiger partial charge in [0.1, 0.15) is 29.4 Å². The van der Waals surface area contributed by atoms with Crippen LogP contribution in [0.15, 0.2) is 36.4 Å². The van der Waals surface area contributed by atoms with E-state index in [0.717, 1.165) is 36.4 Å². The summed E-state index contributed by atoms with van der Waals surface area (Å²) in [5.41, 5.74) is -1.55. The minimum atomic E-state index is -2.03. The van der Waals surface area contributed by atoms with Crippen LogP contribution in [0.1, 0.15) is 17.2 Å². The molecule has 2 aromatic carbocycles. The van der Waals surface area contributed by atoms with Crippen molar-refractivity contribution >= 4 is 0 Å². The number of aliphatic hydroxyl groups is 1. The number of hydrogen-bond donors (Lipinski definition) is 1. The molecule has 94 valence electrons. The average Bonchev–Trinajstić information content (AvgIpc) is 2.28. The monoisotopic (exact) mass is 256 g/mol. The molecule has 0 unspecified atom stereocenters. The summed E-state index contributed by atoms with van der Waals surface area (Å²) in [5, 5.41) is 9.76. The third-order valence-electron chi connectivity index (χ3n) is 2.55. The van der Waals surface area contributed by atoms with Gasteiger partial charge < -0.3 is 5.11 Å². The van der Waals surface area contributed by atoms with Crippen molar-refractivity contribution in [2.45, 2.75) is 6.10 Å². The van der Waals surface area contributed by atoms with Crippen LogP contribution in [0.5, 0.6) is 0 Å². The van der Waals surface area contributed by atoms with Crippen molar-refractivity contribution in [1.29, 1.82) is 0 Å². The van der Waals surface area contributed by atoms with E-state index < -0.39 is 40.5 Å². The summed E-state index contributed by atoms with van der Waals surface area (Å²) in [5.74, 6) is -4.26. The van der Waals surface area contributed by atoms with Crippen LogP contribution in [0.3, 0.4) is 0 Å². The fraction of sp³-hybridized carbons (Fsp3) is 0.0769. The third-order valence-corrected chi connectivity index (χ3v) is 2.55. The van der Waals surface area contributed by atoms with E-state index in [2.05, 4.69) is 0 Å². The summed E-state index contributed by atoms with van der Waals surface area (Å²) < 4.78 is 53.6. The summed E-state index contributed by atoms with van der Waals surface area (Å²) in [6.07, 6.45) is -2.03. The van der Waals surface area contributed by atoms with E-state index in [1.54, 1.807) is 0 Å². The van der Waals surface area contributed by atoms with Gasteiger partial charge >= 0.3 is 0 Å². The Balaban J connectivity index is 2.58. The van der Waals surface area contributed by atoms with Crippen LogP contribution < -0.4 is 0 Å². The highest BCUT2D eigenvalue weighted by Gasteiger charge is 2.25. The molecule has 0 saturated carbocycles. The van der Waals surface area contributed by atoms with Gasteiger partial charge in [-0.2, -0.15) is 0 Å². The van der Waals surface area contributed by atoms with Gasteiger partial charge in [0.05, 0.1) is 11.1 Å². The molecule has 5 heteroatoms. The van der Waals surface area contributed by atoms with Gasteiger partial charge in [0.25, 0.3) is 0 Å². The highest BCUT2D eigenvalue weighted by Crippen LogP contribution is 2.30. The normalized spacial score (nSPS) is 11.0. The highest BCUT2D eigenvalue weighted by molar-refractivity contribution is 5.33.